The SMILES string of the molecule is CC1=C(CC(=O)O)C2=C(Cl)C(O)=C(C(=O)c3csc(OC(F)F)c3)CC2=N1. The number of hydrogen-bond donors (Lipinski definition) is 2. The number of alkyl halides is 2. The van der Waals surface area contributed by atoms with E-state index in [1.54, 1.807) is 6.92 Å². The zero-order valence-corrected chi connectivity index (χ0v) is 15.3. The van der Waals surface area contributed by atoms with E-state index in [0.29, 0.717) is 22.6 Å². The summed E-state index contributed by atoms with van der Waals surface area (Å²) in [5.41, 5.74) is 1.55. The zero-order chi connectivity index (χ0) is 19.9. The van der Waals surface area contributed by atoms with Crippen LogP contribution in [0, 0.1) is 0 Å². The molecular weight excluding hydrogens is 404 g/mol. The molecule has 1 aromatic rings. The Morgan fingerprint density at radius 2 is 2.15 bits per heavy atom. The number of aliphatic hydroxyl groups is 1. The highest BCUT2D eigenvalue weighted by atomic mass is 35.5. The number of ether oxygens (including phenoxy) is 1. The lowest BCUT2D eigenvalue weighted by molar-refractivity contribution is -0.136. The minimum atomic E-state index is -3.01. The summed E-state index contributed by atoms with van der Waals surface area (Å²) in [5, 5.41) is 20.5. The predicted molar refractivity (Wildman–Crippen MR) is 94.8 cm³/mol. The van der Waals surface area contributed by atoms with Gasteiger partial charge in [0.2, 0.25) is 0 Å². The number of Topliss-reactive ketones (excluding diaryl/α,β-unsaturated/α-hetero) is 1. The summed E-state index contributed by atoms with van der Waals surface area (Å²) in [4.78, 5) is 28.0. The number of aliphatic carboxylic acids is 1. The molecule has 1 aromatic heterocycles. The zero-order valence-electron chi connectivity index (χ0n) is 13.8. The molecule has 27 heavy (non-hydrogen) atoms. The molecule has 0 bridgehead atoms. The molecule has 0 spiro atoms. The maximum Gasteiger partial charge on any atom is 0.388 e. The molecule has 142 valence electrons. The van der Waals surface area contributed by atoms with Gasteiger partial charge >= 0.3 is 12.6 Å². The molecule has 0 fully saturated rings. The van der Waals surface area contributed by atoms with E-state index in [1.165, 1.54) is 5.38 Å². The Morgan fingerprint density at radius 1 is 1.44 bits per heavy atom. The van der Waals surface area contributed by atoms with Crippen molar-refractivity contribution in [3.63, 3.8) is 0 Å². The van der Waals surface area contributed by atoms with Crippen molar-refractivity contribution in [1.82, 2.24) is 0 Å². The molecular formula is C17H12ClF2NO5S. The number of aliphatic imine (C=N–C) groups is 1. The van der Waals surface area contributed by atoms with Crippen LogP contribution in [-0.4, -0.2) is 34.3 Å². The van der Waals surface area contributed by atoms with Crippen LogP contribution < -0.4 is 4.74 Å². The van der Waals surface area contributed by atoms with Crippen LogP contribution in [0.3, 0.4) is 0 Å². The molecule has 1 aliphatic carbocycles. The van der Waals surface area contributed by atoms with Crippen LogP contribution in [0.25, 0.3) is 0 Å². The van der Waals surface area contributed by atoms with Gasteiger partial charge in [-0.25, -0.2) is 0 Å². The first kappa shape index (κ1) is 19.2. The number of fused-ring (bicyclic) bond motifs is 1. The number of rotatable bonds is 6. The Labute approximate surface area is 160 Å². The second kappa shape index (κ2) is 7.24. The topological polar surface area (TPSA) is 96.2 Å². The molecule has 6 nitrogen and oxygen atoms in total. The lowest BCUT2D eigenvalue weighted by atomic mass is 9.87. The fourth-order valence-electron chi connectivity index (χ4n) is 2.88. The van der Waals surface area contributed by atoms with Gasteiger partial charge in [-0.1, -0.05) is 11.6 Å². The van der Waals surface area contributed by atoms with Gasteiger partial charge < -0.3 is 14.9 Å². The second-order valence-corrected chi connectivity index (χ2v) is 7.00. The molecule has 3 rings (SSSR count). The van der Waals surface area contributed by atoms with Crippen molar-refractivity contribution in [3.05, 3.63) is 50.2 Å². The highest BCUT2D eigenvalue weighted by molar-refractivity contribution is 7.12. The molecule has 0 unspecified atom stereocenters. The Hall–Kier alpha value is -2.52. The van der Waals surface area contributed by atoms with Crippen molar-refractivity contribution < 1.29 is 33.3 Å². The summed E-state index contributed by atoms with van der Waals surface area (Å²) in [6, 6.07) is 1.16. The van der Waals surface area contributed by atoms with Crippen LogP contribution in [0.1, 0.15) is 30.1 Å². The number of carbonyl (C=O) groups excluding carboxylic acids is 1. The first-order chi connectivity index (χ1) is 12.7. The second-order valence-electron chi connectivity index (χ2n) is 5.75. The van der Waals surface area contributed by atoms with Crippen molar-refractivity contribution in [2.24, 2.45) is 4.99 Å². The van der Waals surface area contributed by atoms with E-state index in [-0.39, 0.29) is 34.1 Å². The number of allylic oxidation sites excluding steroid dienone is 4. The number of aliphatic hydroxyl groups excluding tert-OH is 1. The van der Waals surface area contributed by atoms with Gasteiger partial charge in [-0.3, -0.25) is 14.6 Å². The molecule has 10 heteroatoms. The normalized spacial score (nSPS) is 16.9. The van der Waals surface area contributed by atoms with Crippen molar-refractivity contribution in [1.29, 1.82) is 0 Å². The van der Waals surface area contributed by atoms with E-state index in [1.807, 2.05) is 0 Å². The quantitative estimate of drug-likeness (QED) is 0.669. The lowest BCUT2D eigenvalue weighted by Crippen LogP contribution is -2.18. The molecule has 2 aliphatic rings. The summed E-state index contributed by atoms with van der Waals surface area (Å²) < 4.78 is 28.8. The molecule has 2 heterocycles. The van der Waals surface area contributed by atoms with E-state index < -0.39 is 24.1 Å². The number of ketones is 1. The number of carbonyl (C=O) groups is 2. The maximum absolute atomic E-state index is 12.7. The number of thiophene rings is 1. The van der Waals surface area contributed by atoms with Crippen molar-refractivity contribution in [2.75, 3.05) is 0 Å². The Morgan fingerprint density at radius 3 is 2.78 bits per heavy atom. The molecule has 0 atom stereocenters. The first-order valence-electron chi connectivity index (χ1n) is 7.59. The van der Waals surface area contributed by atoms with E-state index in [9.17, 15) is 23.5 Å². The Balaban J connectivity index is 1.95. The van der Waals surface area contributed by atoms with Crippen molar-refractivity contribution in [2.45, 2.75) is 26.4 Å². The number of hydrogen-bond acceptors (Lipinski definition) is 6. The maximum atomic E-state index is 12.7. The third kappa shape index (κ3) is 3.65. The fraction of sp³-hybridized carbons (Fsp3) is 0.235. The van der Waals surface area contributed by atoms with Crippen LogP contribution in [0.4, 0.5) is 8.78 Å². The number of halogens is 3. The van der Waals surface area contributed by atoms with Gasteiger partial charge in [0.1, 0.15) is 5.76 Å². The smallest absolute Gasteiger partial charge is 0.388 e. The molecule has 1 aliphatic heterocycles. The van der Waals surface area contributed by atoms with Gasteiger partial charge in [0.25, 0.3) is 0 Å². The van der Waals surface area contributed by atoms with Crippen LogP contribution in [0.15, 0.2) is 49.6 Å². The van der Waals surface area contributed by atoms with Gasteiger partial charge in [-0.2, -0.15) is 8.78 Å². The van der Waals surface area contributed by atoms with Gasteiger partial charge in [0, 0.05) is 40.3 Å². The van der Waals surface area contributed by atoms with Gasteiger partial charge in [-0.15, -0.1) is 11.3 Å². The summed E-state index contributed by atoms with van der Waals surface area (Å²) >= 11 is 7.03. The number of carboxylic acids is 1. The monoisotopic (exact) mass is 415 g/mol. The molecule has 0 aromatic carbocycles. The molecule has 0 saturated heterocycles. The third-order valence-corrected chi connectivity index (χ3v) is 5.22. The van der Waals surface area contributed by atoms with Crippen LogP contribution >= 0.6 is 22.9 Å². The molecule has 0 radical (unpaired) electrons. The fourth-order valence-corrected chi connectivity index (χ4v) is 3.96. The van der Waals surface area contributed by atoms with Gasteiger partial charge in [0.15, 0.2) is 10.8 Å². The lowest BCUT2D eigenvalue weighted by Gasteiger charge is -2.19. The summed E-state index contributed by atoms with van der Waals surface area (Å²) in [5.74, 6) is -2.15. The minimum absolute atomic E-state index is 0.0479. The van der Waals surface area contributed by atoms with Crippen molar-refractivity contribution >= 4 is 40.4 Å². The Kier molecular flexibility index (Phi) is 5.16. The first-order valence-corrected chi connectivity index (χ1v) is 8.85. The predicted octanol–water partition coefficient (Wildman–Crippen LogP) is 4.44. The summed E-state index contributed by atoms with van der Waals surface area (Å²) in [6.07, 6.45) is -0.378. The Bertz CT molecular complexity index is 974. The van der Waals surface area contributed by atoms with Gasteiger partial charge in [0.05, 0.1) is 17.2 Å². The minimum Gasteiger partial charge on any atom is -0.506 e. The van der Waals surface area contributed by atoms with Crippen LogP contribution in [0.2, 0.25) is 0 Å². The van der Waals surface area contributed by atoms with Crippen LogP contribution in [-0.2, 0) is 4.79 Å². The summed E-state index contributed by atoms with van der Waals surface area (Å²) in [6.45, 7) is -1.39. The average Bonchev–Trinajstić information content (AvgIpc) is 3.14. The molecule has 0 saturated carbocycles. The van der Waals surface area contributed by atoms with Crippen molar-refractivity contribution in [3.8, 4) is 5.06 Å². The largest absolute Gasteiger partial charge is 0.506 e. The number of carboxylic acid groups (broad SMARTS) is 1. The van der Waals surface area contributed by atoms with E-state index in [0.717, 1.165) is 17.4 Å². The summed E-state index contributed by atoms with van der Waals surface area (Å²) in [7, 11) is 0. The van der Waals surface area contributed by atoms with Crippen LogP contribution in [0.5, 0.6) is 5.06 Å². The molecule has 2 N–H and O–H groups in total. The van der Waals surface area contributed by atoms with E-state index in [4.69, 9.17) is 16.7 Å². The molecule has 0 amide bonds. The number of nitrogens with zero attached hydrogens (tertiary/aromatic N) is 1. The highest BCUT2D eigenvalue weighted by Gasteiger charge is 2.35. The third-order valence-electron chi connectivity index (χ3n) is 4.03. The van der Waals surface area contributed by atoms with E-state index in [2.05, 4.69) is 9.73 Å². The average molecular weight is 416 g/mol. The standard InChI is InChI=1S/C17H12ClF2NO5S/c1-6-8(4-11(22)23)13-10(21-6)3-9(16(25)14(13)18)15(24)7-2-12(27-5-7)26-17(19)20/h2,5,17,25H,3-4H2,1H3,(H,22,23). The highest BCUT2D eigenvalue weighted by Crippen LogP contribution is 2.41. The van der Waals surface area contributed by atoms with E-state index >= 15 is 0 Å². The van der Waals surface area contributed by atoms with Gasteiger partial charge in [-0.05, 0) is 12.5 Å².